The summed E-state index contributed by atoms with van der Waals surface area (Å²) >= 11 is 0. The zero-order chi connectivity index (χ0) is 28.0. The molecule has 0 spiro atoms. The van der Waals surface area contributed by atoms with Crippen LogP contribution in [0.1, 0.15) is 11.1 Å². The van der Waals surface area contributed by atoms with E-state index in [2.05, 4.69) is 10.3 Å². The SMILES string of the molecule is O=C1N[C@](Cc2ccc(O)cc2)(Cc2ccnc3ccccc23)C(=O)N1c1ccc(S(=O)(=O)C(F)(F)F)cc1. The number of nitrogens with one attached hydrogen (secondary N) is 1. The lowest BCUT2D eigenvalue weighted by Gasteiger charge is -2.28. The third-order valence-electron chi connectivity index (χ3n) is 6.55. The number of nitrogens with zero attached hydrogens (tertiary/aromatic N) is 2. The number of hydrogen-bond donors (Lipinski definition) is 2. The molecular weight excluding hydrogens is 535 g/mol. The quantitative estimate of drug-likeness (QED) is 0.338. The van der Waals surface area contributed by atoms with Crippen LogP contribution in [0.5, 0.6) is 5.75 Å². The van der Waals surface area contributed by atoms with Crippen LogP contribution in [-0.2, 0) is 27.5 Å². The fraction of sp³-hybridized carbons (Fsp3) is 0.148. The molecule has 2 N–H and O–H groups in total. The third-order valence-corrected chi connectivity index (χ3v) is 8.05. The van der Waals surface area contributed by atoms with Gasteiger partial charge in [0.25, 0.3) is 15.7 Å². The lowest BCUT2D eigenvalue weighted by molar-refractivity contribution is -0.122. The molecule has 1 atom stereocenters. The highest BCUT2D eigenvalue weighted by Gasteiger charge is 2.52. The van der Waals surface area contributed by atoms with E-state index in [0.29, 0.717) is 23.2 Å². The first kappa shape index (κ1) is 26.2. The predicted molar refractivity (Wildman–Crippen MR) is 136 cm³/mol. The number of hydrogen-bond acceptors (Lipinski definition) is 6. The fourth-order valence-corrected chi connectivity index (χ4v) is 5.42. The van der Waals surface area contributed by atoms with E-state index in [1.165, 1.54) is 12.1 Å². The van der Waals surface area contributed by atoms with E-state index in [1.54, 1.807) is 24.4 Å². The third kappa shape index (κ3) is 4.67. The van der Waals surface area contributed by atoms with Crippen molar-refractivity contribution in [2.45, 2.75) is 28.8 Å². The van der Waals surface area contributed by atoms with Crippen LogP contribution in [0.2, 0.25) is 0 Å². The number of phenols is 1. The maximum Gasteiger partial charge on any atom is 0.501 e. The molecule has 3 amide bonds. The van der Waals surface area contributed by atoms with E-state index in [1.807, 2.05) is 24.3 Å². The first-order valence-electron chi connectivity index (χ1n) is 11.6. The molecular formula is C27H20F3N3O5S. The summed E-state index contributed by atoms with van der Waals surface area (Å²) in [5.74, 6) is -0.655. The maximum atomic E-state index is 14.0. The Kier molecular flexibility index (Phi) is 6.30. The van der Waals surface area contributed by atoms with Crippen molar-refractivity contribution >= 4 is 38.4 Å². The summed E-state index contributed by atoms with van der Waals surface area (Å²) in [6.45, 7) is 0. The molecule has 0 bridgehead atoms. The van der Waals surface area contributed by atoms with Crippen molar-refractivity contribution in [1.82, 2.24) is 10.3 Å². The largest absolute Gasteiger partial charge is 0.508 e. The highest BCUT2D eigenvalue weighted by Crippen LogP contribution is 2.35. The number of rotatable bonds is 6. The number of carbonyl (C=O) groups is 2. The van der Waals surface area contributed by atoms with Gasteiger partial charge in [-0.15, -0.1) is 0 Å². The van der Waals surface area contributed by atoms with E-state index in [9.17, 15) is 36.3 Å². The minimum Gasteiger partial charge on any atom is -0.508 e. The maximum absolute atomic E-state index is 14.0. The van der Waals surface area contributed by atoms with Crippen LogP contribution in [0.15, 0.2) is 90.0 Å². The molecule has 1 aliphatic rings. The van der Waals surface area contributed by atoms with Crippen molar-refractivity contribution in [3.8, 4) is 5.75 Å². The molecule has 8 nitrogen and oxygen atoms in total. The second-order valence-corrected chi connectivity index (χ2v) is 11.0. The van der Waals surface area contributed by atoms with Gasteiger partial charge >= 0.3 is 11.5 Å². The van der Waals surface area contributed by atoms with Crippen molar-refractivity contribution in [2.24, 2.45) is 0 Å². The molecule has 200 valence electrons. The van der Waals surface area contributed by atoms with Gasteiger partial charge in [-0.2, -0.15) is 13.2 Å². The fourth-order valence-electron chi connectivity index (χ4n) is 4.66. The van der Waals surface area contributed by atoms with Crippen molar-refractivity contribution in [3.05, 3.63) is 96.2 Å². The topological polar surface area (TPSA) is 117 Å². The molecule has 4 aromatic rings. The zero-order valence-electron chi connectivity index (χ0n) is 20.0. The van der Waals surface area contributed by atoms with E-state index < -0.39 is 37.7 Å². The first-order valence-corrected chi connectivity index (χ1v) is 13.1. The van der Waals surface area contributed by atoms with Crippen molar-refractivity contribution in [2.75, 3.05) is 4.90 Å². The first-order chi connectivity index (χ1) is 18.4. The molecule has 5 rings (SSSR count). The van der Waals surface area contributed by atoms with E-state index in [-0.39, 0.29) is 24.3 Å². The molecule has 1 aliphatic heterocycles. The number of phenolic OH excluding ortho intramolecular Hbond substituents is 1. The number of urea groups is 1. The van der Waals surface area contributed by atoms with Crippen LogP contribution in [0.25, 0.3) is 10.9 Å². The lowest BCUT2D eigenvalue weighted by atomic mass is 9.83. The van der Waals surface area contributed by atoms with E-state index in [4.69, 9.17) is 0 Å². The molecule has 12 heteroatoms. The van der Waals surface area contributed by atoms with Crippen molar-refractivity contribution < 1.29 is 36.3 Å². The predicted octanol–water partition coefficient (Wildman–Crippen LogP) is 4.51. The van der Waals surface area contributed by atoms with Gasteiger partial charge in [0.2, 0.25) is 0 Å². The minimum atomic E-state index is -5.60. The molecule has 0 unspecified atom stereocenters. The molecule has 2 heterocycles. The Morgan fingerprint density at radius 2 is 1.56 bits per heavy atom. The van der Waals surface area contributed by atoms with Crippen LogP contribution in [0.4, 0.5) is 23.7 Å². The molecule has 3 aromatic carbocycles. The summed E-state index contributed by atoms with van der Waals surface area (Å²) in [7, 11) is -5.60. The number of aromatic hydroxyl groups is 1. The Bertz CT molecular complexity index is 1690. The van der Waals surface area contributed by atoms with Gasteiger partial charge < -0.3 is 10.4 Å². The van der Waals surface area contributed by atoms with Crippen LogP contribution in [-0.4, -0.2) is 41.5 Å². The molecule has 1 saturated heterocycles. The number of aromatic nitrogens is 1. The van der Waals surface area contributed by atoms with Gasteiger partial charge in [0, 0.05) is 24.4 Å². The molecule has 0 aliphatic carbocycles. The Labute approximate surface area is 220 Å². The number of sulfone groups is 1. The normalized spacial score (nSPS) is 18.0. The van der Waals surface area contributed by atoms with Gasteiger partial charge in [-0.05, 0) is 59.7 Å². The van der Waals surface area contributed by atoms with Crippen molar-refractivity contribution in [1.29, 1.82) is 0 Å². The number of alkyl halides is 3. The second kappa shape index (κ2) is 9.38. The van der Waals surface area contributed by atoms with Gasteiger partial charge in [0.15, 0.2) is 0 Å². The van der Waals surface area contributed by atoms with Gasteiger partial charge in [0.1, 0.15) is 11.3 Å². The highest BCUT2D eigenvalue weighted by molar-refractivity contribution is 7.92. The number of benzene rings is 3. The van der Waals surface area contributed by atoms with Crippen molar-refractivity contribution in [3.63, 3.8) is 0 Å². The Balaban J connectivity index is 1.56. The van der Waals surface area contributed by atoms with Gasteiger partial charge in [-0.25, -0.2) is 18.1 Å². The molecule has 39 heavy (non-hydrogen) atoms. The second-order valence-electron chi connectivity index (χ2n) is 9.10. The van der Waals surface area contributed by atoms with Crippen LogP contribution >= 0.6 is 0 Å². The number of imide groups is 1. The molecule has 1 aromatic heterocycles. The number of carbonyl (C=O) groups excluding carboxylic acids is 2. The van der Waals surface area contributed by atoms with Gasteiger partial charge in [-0.1, -0.05) is 30.3 Å². The van der Waals surface area contributed by atoms with Crippen LogP contribution in [0.3, 0.4) is 0 Å². The minimum absolute atomic E-state index is 0.0187. The van der Waals surface area contributed by atoms with Gasteiger partial charge in [-0.3, -0.25) is 9.78 Å². The molecule has 1 fully saturated rings. The Morgan fingerprint density at radius 1 is 0.897 bits per heavy atom. The molecule has 0 radical (unpaired) electrons. The van der Waals surface area contributed by atoms with E-state index in [0.717, 1.165) is 28.0 Å². The average molecular weight is 556 g/mol. The van der Waals surface area contributed by atoms with Crippen LogP contribution in [0, 0.1) is 0 Å². The number of pyridine rings is 1. The number of amides is 3. The number of para-hydroxylation sites is 1. The number of fused-ring (bicyclic) bond motifs is 1. The number of anilines is 1. The number of halogens is 3. The standard InChI is InChI=1S/C27H20F3N3O5S/c28-27(29,30)39(37,38)21-11-7-19(8-12-21)33-24(35)26(32-25(33)36,15-17-5-9-20(34)10-6-17)16-18-13-14-31-23-4-2-1-3-22(18)23/h1-14,34H,15-16H2,(H,32,36)/t26-/m1/s1. The lowest BCUT2D eigenvalue weighted by Crippen LogP contribution is -2.51. The van der Waals surface area contributed by atoms with Crippen LogP contribution < -0.4 is 10.2 Å². The Hall–Kier alpha value is -4.45. The van der Waals surface area contributed by atoms with Gasteiger partial charge in [0.05, 0.1) is 16.1 Å². The van der Waals surface area contributed by atoms with E-state index >= 15 is 0 Å². The summed E-state index contributed by atoms with van der Waals surface area (Å²) in [6, 6.07) is 17.7. The Morgan fingerprint density at radius 3 is 2.23 bits per heavy atom. The summed E-state index contributed by atoms with van der Waals surface area (Å²) in [4.78, 5) is 31.3. The highest BCUT2D eigenvalue weighted by atomic mass is 32.2. The zero-order valence-corrected chi connectivity index (χ0v) is 20.8. The summed E-state index contributed by atoms with van der Waals surface area (Å²) < 4.78 is 62.4. The summed E-state index contributed by atoms with van der Waals surface area (Å²) in [6.07, 6.45) is 1.68. The summed E-state index contributed by atoms with van der Waals surface area (Å²) in [5.41, 5.74) is -5.05. The average Bonchev–Trinajstić information content (AvgIpc) is 3.13. The monoisotopic (exact) mass is 555 g/mol. The summed E-state index contributed by atoms with van der Waals surface area (Å²) in [5, 5.41) is 13.2. The smallest absolute Gasteiger partial charge is 0.501 e. The molecule has 0 saturated carbocycles.